The maximum Gasteiger partial charge on any atom is 0.252 e. The summed E-state index contributed by atoms with van der Waals surface area (Å²) in [4.78, 5) is 12.3. The highest BCUT2D eigenvalue weighted by Crippen LogP contribution is 2.49. The normalized spacial score (nSPS) is 29.4. The zero-order chi connectivity index (χ0) is 14.3. The third-order valence-electron chi connectivity index (χ3n) is 4.97. The van der Waals surface area contributed by atoms with Crippen LogP contribution in [0.15, 0.2) is 22.7 Å². The van der Waals surface area contributed by atoms with Gasteiger partial charge in [0, 0.05) is 10.5 Å². The van der Waals surface area contributed by atoms with Crippen molar-refractivity contribution in [3.63, 3.8) is 0 Å². The molecule has 4 heteroatoms. The van der Waals surface area contributed by atoms with Gasteiger partial charge in [-0.3, -0.25) is 4.79 Å². The number of amides is 1. The molecule has 2 fully saturated rings. The Morgan fingerprint density at radius 1 is 1.40 bits per heavy atom. The Morgan fingerprint density at radius 2 is 2.20 bits per heavy atom. The molecule has 1 aromatic rings. The van der Waals surface area contributed by atoms with Crippen molar-refractivity contribution in [2.24, 2.45) is 17.8 Å². The highest BCUT2D eigenvalue weighted by molar-refractivity contribution is 9.10. The lowest BCUT2D eigenvalue weighted by molar-refractivity contribution is 0.0914. The van der Waals surface area contributed by atoms with Gasteiger partial charge in [-0.05, 0) is 78.1 Å². The quantitative estimate of drug-likeness (QED) is 0.880. The van der Waals surface area contributed by atoms with Gasteiger partial charge < -0.3 is 5.32 Å². The van der Waals surface area contributed by atoms with Crippen molar-refractivity contribution in [3.05, 3.63) is 34.1 Å². The Kier molecular flexibility index (Phi) is 3.85. The van der Waals surface area contributed by atoms with Gasteiger partial charge in [0.15, 0.2) is 0 Å². The first-order valence-corrected chi connectivity index (χ1v) is 8.10. The van der Waals surface area contributed by atoms with Crippen LogP contribution < -0.4 is 5.32 Å². The Hall–Kier alpha value is -0.900. The predicted octanol–water partition coefficient (Wildman–Crippen LogP) is 4.14. The van der Waals surface area contributed by atoms with E-state index in [4.69, 9.17) is 0 Å². The molecule has 2 nitrogen and oxygen atoms in total. The number of carbonyl (C=O) groups excluding carboxylic acids is 1. The summed E-state index contributed by atoms with van der Waals surface area (Å²) in [6, 6.07) is 4.37. The average molecular weight is 340 g/mol. The van der Waals surface area contributed by atoms with E-state index in [0.29, 0.717) is 16.0 Å². The van der Waals surface area contributed by atoms with E-state index in [1.807, 2.05) is 0 Å². The van der Waals surface area contributed by atoms with Crippen molar-refractivity contribution >= 4 is 21.8 Å². The second-order valence-corrected chi connectivity index (χ2v) is 7.08. The maximum atomic E-state index is 13.3. The molecule has 20 heavy (non-hydrogen) atoms. The molecule has 0 unspecified atom stereocenters. The number of rotatable bonds is 3. The maximum absolute atomic E-state index is 13.3. The summed E-state index contributed by atoms with van der Waals surface area (Å²) in [6.45, 7) is 2.08. The Balaban J connectivity index is 1.68. The summed E-state index contributed by atoms with van der Waals surface area (Å²) in [5.74, 6) is 1.65. The topological polar surface area (TPSA) is 29.1 Å². The number of carbonyl (C=O) groups is 1. The molecule has 0 radical (unpaired) electrons. The molecule has 1 N–H and O–H groups in total. The van der Waals surface area contributed by atoms with Crippen molar-refractivity contribution in [2.75, 3.05) is 0 Å². The van der Waals surface area contributed by atoms with E-state index >= 15 is 0 Å². The van der Waals surface area contributed by atoms with Crippen LogP contribution in [0.4, 0.5) is 4.39 Å². The SMILES string of the molecule is C[C@@H](NC(=O)c1cc(F)ccc1Br)[C@H]1C[C@H]2CC[C@H]1C2. The third kappa shape index (κ3) is 2.62. The van der Waals surface area contributed by atoms with Crippen molar-refractivity contribution in [2.45, 2.75) is 38.6 Å². The monoisotopic (exact) mass is 339 g/mol. The molecule has 3 rings (SSSR count). The lowest BCUT2D eigenvalue weighted by Gasteiger charge is -2.28. The van der Waals surface area contributed by atoms with E-state index < -0.39 is 0 Å². The minimum Gasteiger partial charge on any atom is -0.349 e. The summed E-state index contributed by atoms with van der Waals surface area (Å²) in [5, 5.41) is 3.06. The van der Waals surface area contributed by atoms with Crippen LogP contribution in [0, 0.1) is 23.6 Å². The van der Waals surface area contributed by atoms with E-state index in [1.54, 1.807) is 6.07 Å². The number of benzene rings is 1. The van der Waals surface area contributed by atoms with Crippen LogP contribution in [0.2, 0.25) is 0 Å². The van der Waals surface area contributed by atoms with E-state index in [9.17, 15) is 9.18 Å². The molecule has 0 aromatic heterocycles. The van der Waals surface area contributed by atoms with Gasteiger partial charge in [0.1, 0.15) is 5.82 Å². The summed E-state index contributed by atoms with van der Waals surface area (Å²) in [5.41, 5.74) is 0.375. The van der Waals surface area contributed by atoms with Crippen molar-refractivity contribution < 1.29 is 9.18 Å². The van der Waals surface area contributed by atoms with Crippen LogP contribution in [-0.4, -0.2) is 11.9 Å². The summed E-state index contributed by atoms with van der Waals surface area (Å²) >= 11 is 3.31. The van der Waals surface area contributed by atoms with Gasteiger partial charge in [0.25, 0.3) is 5.91 Å². The van der Waals surface area contributed by atoms with Gasteiger partial charge in [-0.15, -0.1) is 0 Å². The molecule has 0 heterocycles. The van der Waals surface area contributed by atoms with Crippen LogP contribution in [0.3, 0.4) is 0 Å². The molecule has 4 atom stereocenters. The standard InChI is InChI=1S/C16H19BrFNO/c1-9(13-7-10-2-3-11(13)6-10)19-16(20)14-8-12(18)4-5-15(14)17/h4-5,8-11,13H,2-3,6-7H2,1H3,(H,19,20)/t9-,10+,11+,13-/m1/s1. The number of nitrogens with one attached hydrogen (secondary N) is 1. The Morgan fingerprint density at radius 3 is 2.85 bits per heavy atom. The molecule has 108 valence electrons. The van der Waals surface area contributed by atoms with Gasteiger partial charge in [0.05, 0.1) is 5.56 Å². The summed E-state index contributed by atoms with van der Waals surface area (Å²) in [7, 11) is 0. The lowest BCUT2D eigenvalue weighted by Crippen LogP contribution is -2.40. The molecule has 1 aromatic carbocycles. The van der Waals surface area contributed by atoms with Crippen LogP contribution >= 0.6 is 15.9 Å². The molecule has 0 spiro atoms. The summed E-state index contributed by atoms with van der Waals surface area (Å²) < 4.78 is 13.9. The largest absolute Gasteiger partial charge is 0.349 e. The highest BCUT2D eigenvalue weighted by atomic mass is 79.9. The molecule has 0 saturated heterocycles. The number of fused-ring (bicyclic) bond motifs is 2. The van der Waals surface area contributed by atoms with Crippen molar-refractivity contribution in [1.29, 1.82) is 0 Å². The van der Waals surface area contributed by atoms with Crippen molar-refractivity contribution in [3.8, 4) is 0 Å². The molecule has 0 aliphatic heterocycles. The Labute approximate surface area is 127 Å². The predicted molar refractivity (Wildman–Crippen MR) is 80.0 cm³/mol. The van der Waals surface area contributed by atoms with Gasteiger partial charge in [-0.25, -0.2) is 4.39 Å². The second kappa shape index (κ2) is 5.47. The zero-order valence-corrected chi connectivity index (χ0v) is 13.1. The van der Waals surface area contributed by atoms with Gasteiger partial charge in [-0.2, -0.15) is 0 Å². The first-order valence-electron chi connectivity index (χ1n) is 7.30. The minimum absolute atomic E-state index is 0.160. The molecule has 2 saturated carbocycles. The van der Waals surface area contributed by atoms with Crippen LogP contribution in [0.1, 0.15) is 43.0 Å². The zero-order valence-electron chi connectivity index (χ0n) is 11.5. The fraction of sp³-hybridized carbons (Fsp3) is 0.562. The first kappa shape index (κ1) is 14.1. The van der Waals surface area contributed by atoms with Gasteiger partial charge >= 0.3 is 0 Å². The highest BCUT2D eigenvalue weighted by Gasteiger charge is 2.42. The van der Waals surface area contributed by atoms with Crippen molar-refractivity contribution in [1.82, 2.24) is 5.32 Å². The minimum atomic E-state index is -0.383. The second-order valence-electron chi connectivity index (χ2n) is 6.23. The molecule has 2 bridgehead atoms. The number of hydrogen-bond donors (Lipinski definition) is 1. The van der Waals surface area contributed by atoms with Gasteiger partial charge in [0.2, 0.25) is 0 Å². The fourth-order valence-corrected chi connectivity index (χ4v) is 4.40. The molecule has 2 aliphatic rings. The number of hydrogen-bond acceptors (Lipinski definition) is 1. The summed E-state index contributed by atoms with van der Waals surface area (Å²) in [6.07, 6.45) is 5.22. The van der Waals surface area contributed by atoms with E-state index in [-0.39, 0.29) is 17.8 Å². The molecular weight excluding hydrogens is 321 g/mol. The average Bonchev–Trinajstić information content (AvgIpc) is 3.03. The number of halogens is 2. The Bertz CT molecular complexity index is 533. The molecule has 2 aliphatic carbocycles. The lowest BCUT2D eigenvalue weighted by atomic mass is 9.84. The van der Waals surface area contributed by atoms with E-state index in [1.165, 1.54) is 37.8 Å². The third-order valence-corrected chi connectivity index (χ3v) is 5.66. The van der Waals surface area contributed by atoms with E-state index in [2.05, 4.69) is 28.2 Å². The van der Waals surface area contributed by atoms with Crippen LogP contribution in [0.25, 0.3) is 0 Å². The first-order chi connectivity index (χ1) is 9.54. The smallest absolute Gasteiger partial charge is 0.252 e. The van der Waals surface area contributed by atoms with Gasteiger partial charge in [-0.1, -0.05) is 6.42 Å². The van der Waals surface area contributed by atoms with E-state index in [0.717, 1.165) is 11.8 Å². The molecule has 1 amide bonds. The van der Waals surface area contributed by atoms with Crippen LogP contribution in [0.5, 0.6) is 0 Å². The molecular formula is C16H19BrFNO. The fourth-order valence-electron chi connectivity index (χ4n) is 3.97. The van der Waals surface area contributed by atoms with Crippen LogP contribution in [-0.2, 0) is 0 Å².